The van der Waals surface area contributed by atoms with Crippen LogP contribution in [0.4, 0.5) is 4.39 Å². The Kier molecular flexibility index (Phi) is 7.00. The average molecular weight is 523 g/mol. The summed E-state index contributed by atoms with van der Waals surface area (Å²) in [6.45, 7) is 3.09. The predicted octanol–water partition coefficient (Wildman–Crippen LogP) is 5.46. The van der Waals surface area contributed by atoms with Crippen LogP contribution >= 0.6 is 22.9 Å². The van der Waals surface area contributed by atoms with E-state index in [1.807, 2.05) is 24.3 Å². The normalized spacial score (nSPS) is 21.0. The quantitative estimate of drug-likeness (QED) is 0.450. The number of aliphatic imine (C=N–C) groups is 1. The predicted molar refractivity (Wildman–Crippen MR) is 133 cm³/mol. The molecule has 4 rings (SSSR count). The molecule has 2 atom stereocenters. The standard InChI is InChI=1S/C24H24ClFN2O4S2/c1-24(2)22(16-9-7-15(8-10-16)20-11-12-21(25)33-20)34(30,31)28-23(32-24)27-19(13-14-29)17-5-3-4-6-18(17)26/h3-12,19,22,29H,13-14H2,1-2H3,(H,27,28). The van der Waals surface area contributed by atoms with Gasteiger partial charge in [-0.2, -0.15) is 0 Å². The summed E-state index contributed by atoms with van der Waals surface area (Å²) in [6, 6.07) is 15.9. The van der Waals surface area contributed by atoms with Gasteiger partial charge in [-0.05, 0) is 49.6 Å². The number of sulfonamides is 1. The number of nitrogens with zero attached hydrogens (tertiary/aromatic N) is 1. The van der Waals surface area contributed by atoms with E-state index in [0.717, 1.165) is 10.4 Å². The summed E-state index contributed by atoms with van der Waals surface area (Å²) in [5.74, 6) is -0.492. The molecule has 6 nitrogen and oxygen atoms in total. The molecule has 0 aliphatic carbocycles. The first-order valence-corrected chi connectivity index (χ1v) is 13.3. The molecule has 0 spiro atoms. The molecule has 0 saturated carbocycles. The number of aliphatic hydroxyl groups excluding tert-OH is 1. The number of hydrogen-bond acceptors (Lipinski definition) is 6. The Morgan fingerprint density at radius 1 is 1.18 bits per heavy atom. The summed E-state index contributed by atoms with van der Waals surface area (Å²) in [5.41, 5.74) is 0.565. The SMILES string of the molecule is CC1(C)OC(=NC(CCO)c2ccccc2F)NS(=O)(=O)C1c1ccc(-c2ccc(Cl)s2)cc1. The first-order chi connectivity index (χ1) is 16.1. The number of aliphatic hydroxyl groups is 1. The van der Waals surface area contributed by atoms with Gasteiger partial charge in [0.2, 0.25) is 10.0 Å². The second-order valence-corrected chi connectivity index (χ2v) is 11.9. The van der Waals surface area contributed by atoms with E-state index in [4.69, 9.17) is 16.3 Å². The lowest BCUT2D eigenvalue weighted by atomic mass is 9.96. The monoisotopic (exact) mass is 522 g/mol. The fourth-order valence-corrected chi connectivity index (χ4v) is 6.92. The largest absolute Gasteiger partial charge is 0.457 e. The summed E-state index contributed by atoms with van der Waals surface area (Å²) in [7, 11) is -3.94. The van der Waals surface area contributed by atoms with Gasteiger partial charge in [0.15, 0.2) is 0 Å². The Morgan fingerprint density at radius 2 is 1.88 bits per heavy atom. The molecule has 1 fully saturated rings. The highest BCUT2D eigenvalue weighted by Crippen LogP contribution is 2.40. The van der Waals surface area contributed by atoms with Crippen LogP contribution in [0.5, 0.6) is 0 Å². The Balaban J connectivity index is 1.64. The van der Waals surface area contributed by atoms with Gasteiger partial charge >= 0.3 is 0 Å². The highest BCUT2D eigenvalue weighted by atomic mass is 35.5. The topological polar surface area (TPSA) is 88.0 Å². The number of halogens is 2. The zero-order chi connectivity index (χ0) is 24.5. The van der Waals surface area contributed by atoms with Crippen LogP contribution in [-0.2, 0) is 14.8 Å². The third kappa shape index (κ3) is 5.12. The first kappa shape index (κ1) is 24.7. The Hall–Kier alpha value is -2.46. The summed E-state index contributed by atoms with van der Waals surface area (Å²) in [6.07, 6.45) is 0.105. The highest BCUT2D eigenvalue weighted by molar-refractivity contribution is 7.90. The minimum Gasteiger partial charge on any atom is -0.457 e. The van der Waals surface area contributed by atoms with Crippen LogP contribution < -0.4 is 4.72 Å². The van der Waals surface area contributed by atoms with E-state index in [2.05, 4.69) is 9.71 Å². The third-order valence-electron chi connectivity index (χ3n) is 5.54. The fourth-order valence-electron chi connectivity index (χ4n) is 4.10. The van der Waals surface area contributed by atoms with Gasteiger partial charge in [0.1, 0.15) is 16.7 Å². The van der Waals surface area contributed by atoms with Gasteiger partial charge in [-0.3, -0.25) is 0 Å². The molecule has 2 aromatic carbocycles. The molecule has 1 aromatic heterocycles. The lowest BCUT2D eigenvalue weighted by Gasteiger charge is -2.39. The molecule has 2 unspecified atom stereocenters. The summed E-state index contributed by atoms with van der Waals surface area (Å²) in [5, 5.41) is 8.43. The molecule has 0 bridgehead atoms. The minimum atomic E-state index is -3.94. The van der Waals surface area contributed by atoms with Crippen LogP contribution in [-0.4, -0.2) is 31.8 Å². The summed E-state index contributed by atoms with van der Waals surface area (Å²) < 4.78 is 50.0. The molecule has 2 N–H and O–H groups in total. The van der Waals surface area contributed by atoms with Gasteiger partial charge in [-0.1, -0.05) is 54.1 Å². The van der Waals surface area contributed by atoms with E-state index in [9.17, 15) is 17.9 Å². The molecule has 180 valence electrons. The van der Waals surface area contributed by atoms with Gasteiger partial charge in [0, 0.05) is 17.0 Å². The number of ether oxygens (including phenoxy) is 1. The Labute approximate surface area is 207 Å². The van der Waals surface area contributed by atoms with Crippen LogP contribution in [0.2, 0.25) is 4.34 Å². The van der Waals surface area contributed by atoms with Crippen molar-refractivity contribution in [2.75, 3.05) is 6.61 Å². The molecule has 1 saturated heterocycles. The lowest BCUT2D eigenvalue weighted by Crippen LogP contribution is -2.53. The number of nitrogens with one attached hydrogen (secondary N) is 1. The van der Waals surface area contributed by atoms with Gasteiger partial charge in [0.05, 0.1) is 10.4 Å². The van der Waals surface area contributed by atoms with Gasteiger partial charge in [0.25, 0.3) is 6.02 Å². The Morgan fingerprint density at radius 3 is 2.47 bits per heavy atom. The van der Waals surface area contributed by atoms with Crippen LogP contribution in [0.1, 0.15) is 42.7 Å². The molecule has 2 heterocycles. The molecular formula is C24H24ClFN2O4S2. The lowest BCUT2D eigenvalue weighted by molar-refractivity contribution is 0.0758. The van der Waals surface area contributed by atoms with Crippen LogP contribution in [0.25, 0.3) is 10.4 Å². The van der Waals surface area contributed by atoms with Crippen molar-refractivity contribution < 1.29 is 22.7 Å². The van der Waals surface area contributed by atoms with Crippen molar-refractivity contribution in [3.05, 3.63) is 81.9 Å². The van der Waals surface area contributed by atoms with Crippen molar-refractivity contribution in [2.24, 2.45) is 4.99 Å². The molecule has 0 amide bonds. The average Bonchev–Trinajstić information content (AvgIpc) is 3.19. The van der Waals surface area contributed by atoms with E-state index in [1.54, 1.807) is 44.2 Å². The van der Waals surface area contributed by atoms with Crippen molar-refractivity contribution in [2.45, 2.75) is 37.2 Å². The summed E-state index contributed by atoms with van der Waals surface area (Å²) >= 11 is 7.46. The van der Waals surface area contributed by atoms with E-state index in [-0.39, 0.29) is 24.6 Å². The van der Waals surface area contributed by atoms with E-state index >= 15 is 0 Å². The maximum absolute atomic E-state index is 14.3. The number of hydrogen-bond donors (Lipinski definition) is 2. The Bertz CT molecular complexity index is 1310. The zero-order valence-electron chi connectivity index (χ0n) is 18.5. The molecule has 34 heavy (non-hydrogen) atoms. The van der Waals surface area contributed by atoms with Crippen molar-refractivity contribution in [1.29, 1.82) is 0 Å². The number of amidine groups is 1. The van der Waals surface area contributed by atoms with Crippen LogP contribution in [0.15, 0.2) is 65.7 Å². The van der Waals surface area contributed by atoms with E-state index in [1.165, 1.54) is 17.4 Å². The third-order valence-corrected chi connectivity index (χ3v) is 8.74. The van der Waals surface area contributed by atoms with E-state index < -0.39 is 32.7 Å². The van der Waals surface area contributed by atoms with Crippen LogP contribution in [0.3, 0.4) is 0 Å². The number of thiophene rings is 1. The molecular weight excluding hydrogens is 499 g/mol. The van der Waals surface area contributed by atoms with Crippen molar-refractivity contribution in [3.8, 4) is 10.4 Å². The smallest absolute Gasteiger partial charge is 0.299 e. The molecule has 1 aliphatic rings. The first-order valence-electron chi connectivity index (χ1n) is 10.6. The number of benzene rings is 2. The van der Waals surface area contributed by atoms with Crippen LogP contribution in [0, 0.1) is 5.82 Å². The van der Waals surface area contributed by atoms with Gasteiger partial charge in [-0.15, -0.1) is 11.3 Å². The molecule has 3 aromatic rings. The second-order valence-electron chi connectivity index (χ2n) is 8.44. The zero-order valence-corrected chi connectivity index (χ0v) is 20.9. The maximum Gasteiger partial charge on any atom is 0.299 e. The van der Waals surface area contributed by atoms with Crippen molar-refractivity contribution in [1.82, 2.24) is 4.72 Å². The van der Waals surface area contributed by atoms with Gasteiger partial charge in [-0.25, -0.2) is 22.5 Å². The molecule has 0 radical (unpaired) electrons. The van der Waals surface area contributed by atoms with E-state index in [0.29, 0.717) is 9.90 Å². The fraction of sp³-hybridized carbons (Fsp3) is 0.292. The van der Waals surface area contributed by atoms with Gasteiger partial charge < -0.3 is 9.84 Å². The second kappa shape index (κ2) is 9.65. The maximum atomic E-state index is 14.3. The summed E-state index contributed by atoms with van der Waals surface area (Å²) in [4.78, 5) is 5.31. The highest BCUT2D eigenvalue weighted by Gasteiger charge is 2.48. The number of rotatable bonds is 6. The van der Waals surface area contributed by atoms with Crippen molar-refractivity contribution in [3.63, 3.8) is 0 Å². The van der Waals surface area contributed by atoms with Crippen molar-refractivity contribution >= 4 is 39.0 Å². The molecule has 10 heteroatoms. The minimum absolute atomic E-state index is 0.105. The molecule has 1 aliphatic heterocycles.